The van der Waals surface area contributed by atoms with Crippen molar-refractivity contribution >= 4 is 6.03 Å². The van der Waals surface area contributed by atoms with E-state index in [2.05, 4.69) is 32.2 Å². The van der Waals surface area contributed by atoms with Gasteiger partial charge in [-0.2, -0.15) is 5.26 Å². The number of piperidine rings is 1. The van der Waals surface area contributed by atoms with Crippen LogP contribution in [0, 0.1) is 22.2 Å². The van der Waals surface area contributed by atoms with Crippen molar-refractivity contribution in [2.45, 2.75) is 64.8 Å². The standard InChI is InChI=1S/C16H25F2N3O/c1-14(2,3)15(4-7-19)5-8-21(9-6-15)13(22)20-12-10-16(17,18)11-12/h12H,4-6,8-11H2,1-3H3,(H,20,22). The Morgan fingerprint density at radius 3 is 2.27 bits per heavy atom. The molecule has 2 rings (SSSR count). The molecule has 0 spiro atoms. The third kappa shape index (κ3) is 3.34. The van der Waals surface area contributed by atoms with Crippen molar-refractivity contribution in [3.05, 3.63) is 0 Å². The fourth-order valence-electron chi connectivity index (χ4n) is 3.51. The van der Waals surface area contributed by atoms with Gasteiger partial charge in [0.2, 0.25) is 0 Å². The molecule has 0 aromatic heterocycles. The van der Waals surface area contributed by atoms with Crippen molar-refractivity contribution in [3.8, 4) is 6.07 Å². The van der Waals surface area contributed by atoms with E-state index >= 15 is 0 Å². The second-order valence-corrected chi connectivity index (χ2v) is 7.76. The van der Waals surface area contributed by atoms with Crippen LogP contribution in [0.1, 0.15) is 52.9 Å². The van der Waals surface area contributed by atoms with Gasteiger partial charge in [0.25, 0.3) is 5.92 Å². The van der Waals surface area contributed by atoms with E-state index in [0.29, 0.717) is 19.5 Å². The van der Waals surface area contributed by atoms with Crippen molar-refractivity contribution < 1.29 is 13.6 Å². The Balaban J connectivity index is 1.88. The number of rotatable bonds is 2. The number of hydrogen-bond acceptors (Lipinski definition) is 2. The van der Waals surface area contributed by atoms with Crippen LogP contribution in [0.25, 0.3) is 0 Å². The number of amides is 2. The summed E-state index contributed by atoms with van der Waals surface area (Å²) in [7, 11) is 0. The molecule has 1 heterocycles. The zero-order chi connectivity index (χ0) is 16.6. The summed E-state index contributed by atoms with van der Waals surface area (Å²) in [6, 6.07) is 1.63. The minimum Gasteiger partial charge on any atom is -0.335 e. The van der Waals surface area contributed by atoms with Crippen LogP contribution in [0.3, 0.4) is 0 Å². The van der Waals surface area contributed by atoms with E-state index in [1.54, 1.807) is 4.90 Å². The van der Waals surface area contributed by atoms with Crippen LogP contribution < -0.4 is 5.32 Å². The number of likely N-dealkylation sites (tertiary alicyclic amines) is 1. The first-order valence-corrected chi connectivity index (χ1v) is 7.89. The van der Waals surface area contributed by atoms with Gasteiger partial charge in [-0.25, -0.2) is 13.6 Å². The molecule has 1 N–H and O–H groups in total. The molecule has 0 atom stereocenters. The van der Waals surface area contributed by atoms with Crippen LogP contribution in [0.2, 0.25) is 0 Å². The summed E-state index contributed by atoms with van der Waals surface area (Å²) >= 11 is 0. The average Bonchev–Trinajstić information content (AvgIpc) is 2.36. The van der Waals surface area contributed by atoms with Gasteiger partial charge in [-0.05, 0) is 23.7 Å². The Hall–Kier alpha value is -1.38. The summed E-state index contributed by atoms with van der Waals surface area (Å²) in [6.07, 6.45) is 1.53. The molecule has 124 valence electrons. The normalized spacial score (nSPS) is 24.3. The van der Waals surface area contributed by atoms with Crippen molar-refractivity contribution in [3.63, 3.8) is 0 Å². The topological polar surface area (TPSA) is 56.1 Å². The highest BCUT2D eigenvalue weighted by atomic mass is 19.3. The van der Waals surface area contributed by atoms with E-state index in [0.717, 1.165) is 12.8 Å². The van der Waals surface area contributed by atoms with Crippen molar-refractivity contribution in [1.29, 1.82) is 5.26 Å². The van der Waals surface area contributed by atoms with Crippen LogP contribution in [0.5, 0.6) is 0 Å². The molecule has 2 fully saturated rings. The number of alkyl halides is 2. The zero-order valence-corrected chi connectivity index (χ0v) is 13.6. The zero-order valence-electron chi connectivity index (χ0n) is 13.6. The number of nitrogens with zero attached hydrogens (tertiary/aromatic N) is 2. The maximum absolute atomic E-state index is 12.8. The molecule has 22 heavy (non-hydrogen) atoms. The molecule has 0 aromatic carbocycles. The van der Waals surface area contributed by atoms with Gasteiger partial charge >= 0.3 is 6.03 Å². The number of carbonyl (C=O) groups is 1. The lowest BCUT2D eigenvalue weighted by Crippen LogP contribution is -2.56. The first-order valence-electron chi connectivity index (χ1n) is 7.89. The maximum Gasteiger partial charge on any atom is 0.317 e. The Bertz CT molecular complexity index is 463. The average molecular weight is 313 g/mol. The monoisotopic (exact) mass is 313 g/mol. The third-order valence-corrected chi connectivity index (χ3v) is 5.43. The summed E-state index contributed by atoms with van der Waals surface area (Å²) in [6.45, 7) is 7.56. The first-order chi connectivity index (χ1) is 10.1. The first kappa shape index (κ1) is 17.0. The third-order valence-electron chi connectivity index (χ3n) is 5.43. The second kappa shape index (κ2) is 5.68. The Labute approximate surface area is 130 Å². The number of nitriles is 1. The molecule has 0 aromatic rings. The largest absolute Gasteiger partial charge is 0.335 e. The van der Waals surface area contributed by atoms with Crippen molar-refractivity contribution in [1.82, 2.24) is 10.2 Å². The van der Waals surface area contributed by atoms with Crippen molar-refractivity contribution in [2.24, 2.45) is 10.8 Å². The van der Waals surface area contributed by atoms with Gasteiger partial charge in [-0.1, -0.05) is 20.8 Å². The minimum atomic E-state index is -2.62. The second-order valence-electron chi connectivity index (χ2n) is 7.76. The van der Waals surface area contributed by atoms with E-state index in [9.17, 15) is 13.6 Å². The summed E-state index contributed by atoms with van der Waals surface area (Å²) in [5.74, 6) is -2.62. The molecule has 1 saturated heterocycles. The number of carbonyl (C=O) groups excluding carboxylic acids is 1. The quantitative estimate of drug-likeness (QED) is 0.848. The fourth-order valence-corrected chi connectivity index (χ4v) is 3.51. The molecule has 0 bridgehead atoms. The molecule has 0 unspecified atom stereocenters. The smallest absolute Gasteiger partial charge is 0.317 e. The highest BCUT2D eigenvalue weighted by molar-refractivity contribution is 5.74. The molecule has 0 radical (unpaired) electrons. The number of hydrogen-bond donors (Lipinski definition) is 1. The predicted octanol–water partition coefficient (Wildman–Crippen LogP) is 3.54. The summed E-state index contributed by atoms with van der Waals surface area (Å²) < 4.78 is 25.6. The van der Waals surface area contributed by atoms with Crippen LogP contribution in [0.4, 0.5) is 13.6 Å². The molecule has 6 heteroatoms. The highest BCUT2D eigenvalue weighted by Crippen LogP contribution is 2.49. The predicted molar refractivity (Wildman–Crippen MR) is 79.4 cm³/mol. The maximum atomic E-state index is 12.8. The Morgan fingerprint density at radius 1 is 1.32 bits per heavy atom. The van der Waals surface area contributed by atoms with Crippen LogP contribution >= 0.6 is 0 Å². The van der Waals surface area contributed by atoms with Gasteiger partial charge in [0, 0.05) is 38.4 Å². The molecule has 1 aliphatic heterocycles. The van der Waals surface area contributed by atoms with Crippen LogP contribution in [0.15, 0.2) is 0 Å². The van der Waals surface area contributed by atoms with Gasteiger partial charge in [-0.3, -0.25) is 0 Å². The van der Waals surface area contributed by atoms with Crippen LogP contribution in [-0.2, 0) is 0 Å². The fraction of sp³-hybridized carbons (Fsp3) is 0.875. The summed E-state index contributed by atoms with van der Waals surface area (Å²) in [5, 5.41) is 11.8. The van der Waals surface area contributed by atoms with Gasteiger partial charge in [0.1, 0.15) is 0 Å². The van der Waals surface area contributed by atoms with Gasteiger partial charge in [0.05, 0.1) is 6.07 Å². The SMILES string of the molecule is CC(C)(C)C1(CC#N)CCN(C(=O)NC2CC(F)(F)C2)CC1. The molecule has 1 aliphatic carbocycles. The van der Waals surface area contributed by atoms with Gasteiger partial charge in [0.15, 0.2) is 0 Å². The van der Waals surface area contributed by atoms with E-state index in [4.69, 9.17) is 5.26 Å². The minimum absolute atomic E-state index is 0.00132. The molecular weight excluding hydrogens is 288 g/mol. The molecular formula is C16H25F2N3O. The Kier molecular flexibility index (Phi) is 4.38. The molecule has 1 saturated carbocycles. The van der Waals surface area contributed by atoms with Crippen molar-refractivity contribution in [2.75, 3.05) is 13.1 Å². The molecule has 4 nitrogen and oxygen atoms in total. The molecule has 2 amide bonds. The summed E-state index contributed by atoms with van der Waals surface area (Å²) in [4.78, 5) is 13.8. The van der Waals surface area contributed by atoms with E-state index < -0.39 is 12.0 Å². The number of nitrogens with one attached hydrogen (secondary N) is 1. The lowest BCUT2D eigenvalue weighted by atomic mass is 9.60. The lowest BCUT2D eigenvalue weighted by molar-refractivity contribution is -0.0906. The number of halogens is 2. The van der Waals surface area contributed by atoms with Gasteiger partial charge < -0.3 is 10.2 Å². The highest BCUT2D eigenvalue weighted by Gasteiger charge is 2.47. The van der Waals surface area contributed by atoms with E-state index in [1.807, 2.05) is 0 Å². The Morgan fingerprint density at radius 2 is 1.86 bits per heavy atom. The van der Waals surface area contributed by atoms with E-state index in [1.165, 1.54) is 0 Å². The van der Waals surface area contributed by atoms with Gasteiger partial charge in [-0.15, -0.1) is 0 Å². The summed E-state index contributed by atoms with van der Waals surface area (Å²) in [5.41, 5.74) is -0.0800. The van der Waals surface area contributed by atoms with E-state index in [-0.39, 0.29) is 29.7 Å². The lowest BCUT2D eigenvalue weighted by Gasteiger charge is -2.49. The van der Waals surface area contributed by atoms with Crippen LogP contribution in [-0.4, -0.2) is 36.0 Å². The molecule has 2 aliphatic rings. The number of urea groups is 1.